The minimum absolute atomic E-state index is 0.0757. The molecule has 144 valence electrons. The van der Waals surface area contributed by atoms with E-state index in [-0.39, 0.29) is 5.75 Å². The third kappa shape index (κ3) is 3.83. The largest absolute Gasteiger partial charge is 0.618 e. The van der Waals surface area contributed by atoms with Crippen molar-refractivity contribution < 1.29 is 9.84 Å². The summed E-state index contributed by atoms with van der Waals surface area (Å²) in [6, 6.07) is 26.8. The number of aryl methyl sites for hydroxylation is 2. The Balaban J connectivity index is 1.87. The maximum absolute atomic E-state index is 13.3. The number of aromatic nitrogens is 2. The molecule has 29 heavy (non-hydrogen) atoms. The van der Waals surface area contributed by atoms with Gasteiger partial charge in [-0.15, -0.1) is 0 Å². The molecule has 3 aromatic carbocycles. The number of benzene rings is 3. The van der Waals surface area contributed by atoms with Crippen LogP contribution < -0.4 is 4.73 Å². The number of rotatable bonds is 5. The number of hydrogen-bond acceptors (Lipinski definition) is 3. The van der Waals surface area contributed by atoms with E-state index in [0.717, 1.165) is 16.7 Å². The highest BCUT2D eigenvalue weighted by molar-refractivity contribution is 5.69. The molecule has 0 atom stereocenters. The van der Waals surface area contributed by atoms with Gasteiger partial charge in [0.2, 0.25) is 11.4 Å². The Kier molecular flexibility index (Phi) is 5.25. The number of phenols is 1. The van der Waals surface area contributed by atoms with E-state index in [1.807, 2.05) is 54.6 Å². The van der Waals surface area contributed by atoms with Crippen LogP contribution in [0.1, 0.15) is 17.0 Å². The van der Waals surface area contributed by atoms with Gasteiger partial charge in [0.25, 0.3) is 0 Å². The molecule has 1 aromatic heterocycles. The predicted molar refractivity (Wildman–Crippen MR) is 114 cm³/mol. The van der Waals surface area contributed by atoms with Crippen molar-refractivity contribution in [1.82, 2.24) is 4.98 Å². The third-order valence-corrected chi connectivity index (χ3v) is 5.07. The van der Waals surface area contributed by atoms with Gasteiger partial charge in [-0.3, -0.25) is 0 Å². The molecule has 0 amide bonds. The fourth-order valence-electron chi connectivity index (χ4n) is 3.54. The minimum atomic E-state index is 0.0757. The van der Waals surface area contributed by atoms with Gasteiger partial charge in [-0.05, 0) is 24.1 Å². The van der Waals surface area contributed by atoms with Crippen molar-refractivity contribution >= 4 is 0 Å². The van der Waals surface area contributed by atoms with E-state index in [9.17, 15) is 10.3 Å². The Morgan fingerprint density at radius 3 is 2.14 bits per heavy atom. The summed E-state index contributed by atoms with van der Waals surface area (Å²) in [4.78, 5) is 4.90. The van der Waals surface area contributed by atoms with E-state index in [0.29, 0.717) is 34.8 Å². The van der Waals surface area contributed by atoms with Crippen LogP contribution in [0.15, 0.2) is 84.9 Å². The van der Waals surface area contributed by atoms with Gasteiger partial charge in [-0.25, -0.2) is 4.98 Å². The highest BCUT2D eigenvalue weighted by atomic mass is 16.5. The topological polar surface area (TPSA) is 60.1 Å². The van der Waals surface area contributed by atoms with Crippen molar-refractivity contribution in [3.05, 3.63) is 107 Å². The number of nitrogens with zero attached hydrogens (tertiary/aromatic N) is 2. The summed E-state index contributed by atoms with van der Waals surface area (Å²) >= 11 is 0. The lowest BCUT2D eigenvalue weighted by Gasteiger charge is -2.15. The van der Waals surface area contributed by atoms with Crippen molar-refractivity contribution in [3.63, 3.8) is 0 Å². The van der Waals surface area contributed by atoms with E-state index in [1.165, 1.54) is 5.56 Å². The first kappa shape index (κ1) is 18.7. The van der Waals surface area contributed by atoms with Crippen molar-refractivity contribution in [1.29, 1.82) is 0 Å². The zero-order valence-electron chi connectivity index (χ0n) is 16.2. The highest BCUT2D eigenvalue weighted by Gasteiger charge is 2.25. The van der Waals surface area contributed by atoms with Crippen LogP contribution in [0.4, 0.5) is 0 Å². The summed E-state index contributed by atoms with van der Waals surface area (Å²) in [6.45, 7) is 1.77. The molecule has 1 heterocycles. The molecule has 0 bridgehead atoms. The molecule has 1 N–H and O–H groups in total. The normalized spacial score (nSPS) is 10.8. The SMILES string of the molecule is Cc1c(-c2ccccc2)nc(CCc2ccccc2)c(-c2ccccc2O)[n+]1[O-]. The Hall–Kier alpha value is -3.66. The van der Waals surface area contributed by atoms with Gasteiger partial charge >= 0.3 is 0 Å². The lowest BCUT2D eigenvalue weighted by Crippen LogP contribution is -2.36. The predicted octanol–water partition coefficient (Wildman–Crippen LogP) is 4.85. The lowest BCUT2D eigenvalue weighted by molar-refractivity contribution is -0.601. The number of phenolic OH excluding ortho intramolecular Hbond substituents is 1. The van der Waals surface area contributed by atoms with Crippen molar-refractivity contribution in [2.24, 2.45) is 0 Å². The van der Waals surface area contributed by atoms with E-state index < -0.39 is 0 Å². The van der Waals surface area contributed by atoms with Crippen LogP contribution in [0.2, 0.25) is 0 Å². The van der Waals surface area contributed by atoms with Gasteiger partial charge in [0, 0.05) is 18.9 Å². The molecule has 0 saturated carbocycles. The highest BCUT2D eigenvalue weighted by Crippen LogP contribution is 2.31. The van der Waals surface area contributed by atoms with E-state index in [2.05, 4.69) is 12.1 Å². The van der Waals surface area contributed by atoms with Crippen LogP contribution in [0.3, 0.4) is 0 Å². The summed E-state index contributed by atoms with van der Waals surface area (Å²) in [5, 5.41) is 23.7. The molecule has 0 radical (unpaired) electrons. The maximum Gasteiger partial charge on any atom is 0.249 e. The van der Waals surface area contributed by atoms with Gasteiger partial charge in [-0.1, -0.05) is 72.8 Å². The standard InChI is InChI=1S/C25H22N2O2/c1-18-24(20-12-6-3-7-13-20)26-22(17-16-19-10-4-2-5-11-19)25(27(18)29)21-14-8-9-15-23(21)28/h2-15,28H,16-17H2,1H3. The molecule has 0 aliphatic heterocycles. The lowest BCUT2D eigenvalue weighted by atomic mass is 10.0. The molecule has 0 fully saturated rings. The first-order chi connectivity index (χ1) is 14.1. The van der Waals surface area contributed by atoms with Gasteiger partial charge < -0.3 is 10.3 Å². The van der Waals surface area contributed by atoms with Crippen molar-refractivity contribution in [2.75, 3.05) is 0 Å². The van der Waals surface area contributed by atoms with Crippen molar-refractivity contribution in [2.45, 2.75) is 19.8 Å². The molecule has 0 aliphatic rings. The summed E-state index contributed by atoms with van der Waals surface area (Å²) in [5.41, 5.74) is 4.85. The molecule has 4 aromatic rings. The molecule has 4 nitrogen and oxygen atoms in total. The zero-order chi connectivity index (χ0) is 20.2. The van der Waals surface area contributed by atoms with Gasteiger partial charge in [0.05, 0.1) is 5.56 Å². The Bertz CT molecular complexity index is 1130. The minimum Gasteiger partial charge on any atom is -0.618 e. The van der Waals surface area contributed by atoms with Crippen molar-refractivity contribution in [3.8, 4) is 28.3 Å². The molecule has 4 heteroatoms. The maximum atomic E-state index is 13.3. The second-order valence-corrected chi connectivity index (χ2v) is 7.00. The summed E-state index contributed by atoms with van der Waals surface area (Å²) < 4.78 is 0.907. The number of para-hydroxylation sites is 1. The third-order valence-electron chi connectivity index (χ3n) is 5.07. The molecule has 0 aliphatic carbocycles. The molecular formula is C25H22N2O2. The monoisotopic (exact) mass is 382 g/mol. The van der Waals surface area contributed by atoms with E-state index in [4.69, 9.17) is 4.98 Å². The Morgan fingerprint density at radius 1 is 0.828 bits per heavy atom. The van der Waals surface area contributed by atoms with E-state index in [1.54, 1.807) is 25.1 Å². The van der Waals surface area contributed by atoms with Crippen LogP contribution in [-0.2, 0) is 12.8 Å². The van der Waals surface area contributed by atoms with Crippen LogP contribution >= 0.6 is 0 Å². The molecule has 4 rings (SSSR count). The first-order valence-corrected chi connectivity index (χ1v) is 9.66. The van der Waals surface area contributed by atoms with Crippen LogP contribution in [0.25, 0.3) is 22.5 Å². The zero-order valence-corrected chi connectivity index (χ0v) is 16.2. The summed E-state index contributed by atoms with van der Waals surface area (Å²) in [5.74, 6) is 0.0757. The average Bonchev–Trinajstić information content (AvgIpc) is 2.76. The Labute approximate surface area is 170 Å². The van der Waals surface area contributed by atoms with Gasteiger partial charge in [0.15, 0.2) is 0 Å². The molecular weight excluding hydrogens is 360 g/mol. The average molecular weight is 382 g/mol. The quantitative estimate of drug-likeness (QED) is 0.397. The fraction of sp³-hybridized carbons (Fsp3) is 0.120. The van der Waals surface area contributed by atoms with E-state index >= 15 is 0 Å². The number of aromatic hydroxyl groups is 1. The second-order valence-electron chi connectivity index (χ2n) is 7.00. The molecule has 0 saturated heterocycles. The molecule has 0 unspecified atom stereocenters. The smallest absolute Gasteiger partial charge is 0.249 e. The molecule has 0 spiro atoms. The summed E-state index contributed by atoms with van der Waals surface area (Å²) in [7, 11) is 0. The van der Waals surface area contributed by atoms with Crippen LogP contribution in [0.5, 0.6) is 5.75 Å². The summed E-state index contributed by atoms with van der Waals surface area (Å²) in [6.07, 6.45) is 1.35. The van der Waals surface area contributed by atoms with Crippen LogP contribution in [-0.4, -0.2) is 10.1 Å². The van der Waals surface area contributed by atoms with Gasteiger partial charge in [-0.2, -0.15) is 4.73 Å². The number of hydrogen-bond donors (Lipinski definition) is 1. The van der Waals surface area contributed by atoms with Crippen LogP contribution in [0, 0.1) is 12.1 Å². The fourth-order valence-corrected chi connectivity index (χ4v) is 3.54. The second kappa shape index (κ2) is 8.15. The Morgan fingerprint density at radius 2 is 1.45 bits per heavy atom. The van der Waals surface area contributed by atoms with Gasteiger partial charge in [0.1, 0.15) is 17.1 Å². The first-order valence-electron chi connectivity index (χ1n) is 9.66.